The van der Waals surface area contributed by atoms with Gasteiger partial charge in [-0.15, -0.1) is 5.10 Å². The fourth-order valence-corrected chi connectivity index (χ4v) is 2.60. The van der Waals surface area contributed by atoms with E-state index in [1.807, 2.05) is 17.1 Å². The van der Waals surface area contributed by atoms with Gasteiger partial charge < -0.3 is 10.6 Å². The zero-order chi connectivity index (χ0) is 14.1. The van der Waals surface area contributed by atoms with E-state index in [2.05, 4.69) is 30.8 Å². The highest BCUT2D eigenvalue weighted by atomic mass is 15.4. The SMILES string of the molecule is c1cn2nc(Nc3cnn(C4CCNCC4)c3)nc2cn1. The summed E-state index contributed by atoms with van der Waals surface area (Å²) >= 11 is 0. The molecule has 0 aliphatic carbocycles. The molecule has 3 aromatic heterocycles. The number of anilines is 2. The molecule has 0 unspecified atom stereocenters. The minimum Gasteiger partial charge on any atom is -0.320 e. The van der Waals surface area contributed by atoms with Crippen molar-refractivity contribution in [1.82, 2.24) is 34.7 Å². The average Bonchev–Trinajstić information content (AvgIpc) is 3.14. The molecule has 1 aliphatic heterocycles. The molecule has 4 rings (SSSR count). The fraction of sp³-hybridized carbons (Fsp3) is 0.385. The molecule has 2 N–H and O–H groups in total. The van der Waals surface area contributed by atoms with Gasteiger partial charge in [0.1, 0.15) is 0 Å². The summed E-state index contributed by atoms with van der Waals surface area (Å²) in [5.41, 5.74) is 1.61. The van der Waals surface area contributed by atoms with Gasteiger partial charge in [-0.25, -0.2) is 4.52 Å². The number of nitrogens with one attached hydrogen (secondary N) is 2. The molecule has 1 fully saturated rings. The Morgan fingerprint density at radius 1 is 1.24 bits per heavy atom. The van der Waals surface area contributed by atoms with Crippen LogP contribution in [-0.4, -0.2) is 42.5 Å². The van der Waals surface area contributed by atoms with Crippen molar-refractivity contribution in [3.8, 4) is 0 Å². The van der Waals surface area contributed by atoms with Gasteiger partial charge in [-0.2, -0.15) is 10.1 Å². The highest BCUT2D eigenvalue weighted by molar-refractivity contribution is 5.53. The first-order valence-electron chi connectivity index (χ1n) is 7.07. The molecule has 0 spiro atoms. The molecule has 1 saturated heterocycles. The van der Waals surface area contributed by atoms with Gasteiger partial charge in [-0.05, 0) is 25.9 Å². The van der Waals surface area contributed by atoms with E-state index in [0.29, 0.717) is 17.6 Å². The summed E-state index contributed by atoms with van der Waals surface area (Å²) in [6, 6.07) is 0.472. The van der Waals surface area contributed by atoms with Crippen molar-refractivity contribution in [2.24, 2.45) is 0 Å². The Kier molecular flexibility index (Phi) is 3.00. The Labute approximate surface area is 121 Å². The normalized spacial score (nSPS) is 16.4. The molecule has 0 aromatic carbocycles. The first-order valence-corrected chi connectivity index (χ1v) is 7.07. The molecule has 108 valence electrons. The lowest BCUT2D eigenvalue weighted by atomic mass is 10.1. The van der Waals surface area contributed by atoms with Crippen LogP contribution in [0.25, 0.3) is 5.65 Å². The van der Waals surface area contributed by atoms with E-state index in [-0.39, 0.29) is 0 Å². The summed E-state index contributed by atoms with van der Waals surface area (Å²) in [5, 5.41) is 15.3. The van der Waals surface area contributed by atoms with Crippen molar-refractivity contribution >= 4 is 17.3 Å². The van der Waals surface area contributed by atoms with Gasteiger partial charge in [0, 0.05) is 18.6 Å². The first-order chi connectivity index (χ1) is 10.4. The number of aromatic nitrogens is 6. The highest BCUT2D eigenvalue weighted by Crippen LogP contribution is 2.20. The van der Waals surface area contributed by atoms with Crippen LogP contribution in [0.2, 0.25) is 0 Å². The zero-order valence-corrected chi connectivity index (χ0v) is 11.5. The third-order valence-electron chi connectivity index (χ3n) is 3.68. The minimum atomic E-state index is 0.472. The van der Waals surface area contributed by atoms with Crippen molar-refractivity contribution in [3.05, 3.63) is 31.0 Å². The molecule has 0 bridgehead atoms. The van der Waals surface area contributed by atoms with Crippen LogP contribution in [0.15, 0.2) is 31.0 Å². The topological polar surface area (TPSA) is 85.0 Å². The van der Waals surface area contributed by atoms with E-state index in [4.69, 9.17) is 0 Å². The van der Waals surface area contributed by atoms with E-state index in [1.54, 1.807) is 23.1 Å². The molecule has 0 atom stereocenters. The minimum absolute atomic E-state index is 0.472. The van der Waals surface area contributed by atoms with Crippen LogP contribution in [0, 0.1) is 0 Å². The molecule has 8 nitrogen and oxygen atoms in total. The highest BCUT2D eigenvalue weighted by Gasteiger charge is 2.16. The van der Waals surface area contributed by atoms with Crippen LogP contribution in [0.3, 0.4) is 0 Å². The molecule has 3 aromatic rings. The molecular weight excluding hydrogens is 268 g/mol. The third-order valence-corrected chi connectivity index (χ3v) is 3.68. The molecule has 21 heavy (non-hydrogen) atoms. The van der Waals surface area contributed by atoms with E-state index < -0.39 is 0 Å². The summed E-state index contributed by atoms with van der Waals surface area (Å²) in [7, 11) is 0. The van der Waals surface area contributed by atoms with Crippen LogP contribution in [-0.2, 0) is 0 Å². The molecule has 1 aliphatic rings. The van der Waals surface area contributed by atoms with Crippen molar-refractivity contribution in [2.45, 2.75) is 18.9 Å². The molecular formula is C13H16N8. The Balaban J connectivity index is 1.52. The van der Waals surface area contributed by atoms with E-state index in [0.717, 1.165) is 31.6 Å². The van der Waals surface area contributed by atoms with Gasteiger partial charge in [0.15, 0.2) is 5.65 Å². The maximum Gasteiger partial charge on any atom is 0.247 e. The zero-order valence-electron chi connectivity index (χ0n) is 11.5. The van der Waals surface area contributed by atoms with Crippen LogP contribution in [0.1, 0.15) is 18.9 Å². The standard InChI is InChI=1S/C13H16N8/c1-3-14-4-2-11(1)21-9-10(7-16-21)17-13-18-12-8-15-5-6-20(12)19-13/h5-9,11,14H,1-4H2,(H,17,19). The second-order valence-corrected chi connectivity index (χ2v) is 5.13. The Morgan fingerprint density at radius 2 is 2.14 bits per heavy atom. The van der Waals surface area contributed by atoms with Crippen molar-refractivity contribution < 1.29 is 0 Å². The molecule has 0 radical (unpaired) electrons. The summed E-state index contributed by atoms with van der Waals surface area (Å²) in [4.78, 5) is 8.39. The third kappa shape index (κ3) is 2.45. The Hall–Kier alpha value is -2.48. The largest absolute Gasteiger partial charge is 0.320 e. The van der Waals surface area contributed by atoms with Crippen molar-refractivity contribution in [3.63, 3.8) is 0 Å². The maximum atomic E-state index is 4.44. The lowest BCUT2D eigenvalue weighted by Gasteiger charge is -2.22. The molecule has 8 heteroatoms. The van der Waals surface area contributed by atoms with E-state index >= 15 is 0 Å². The van der Waals surface area contributed by atoms with E-state index in [1.165, 1.54) is 0 Å². The lowest BCUT2D eigenvalue weighted by molar-refractivity contribution is 0.343. The molecule has 0 amide bonds. The van der Waals surface area contributed by atoms with Gasteiger partial charge in [-0.3, -0.25) is 9.67 Å². The second-order valence-electron chi connectivity index (χ2n) is 5.13. The summed E-state index contributed by atoms with van der Waals surface area (Å²) in [5.74, 6) is 0.549. The number of hydrogen-bond acceptors (Lipinski definition) is 6. The second kappa shape index (κ2) is 5.13. The number of rotatable bonds is 3. The number of piperidine rings is 1. The predicted molar refractivity (Wildman–Crippen MR) is 77.4 cm³/mol. The Bertz CT molecular complexity index is 706. The van der Waals surface area contributed by atoms with Gasteiger partial charge >= 0.3 is 0 Å². The van der Waals surface area contributed by atoms with Gasteiger partial charge in [0.2, 0.25) is 5.95 Å². The number of nitrogens with zero attached hydrogens (tertiary/aromatic N) is 6. The summed E-state index contributed by atoms with van der Waals surface area (Å²) < 4.78 is 3.72. The number of fused-ring (bicyclic) bond motifs is 1. The maximum absolute atomic E-state index is 4.44. The van der Waals surface area contributed by atoms with Gasteiger partial charge in [-0.1, -0.05) is 0 Å². The van der Waals surface area contributed by atoms with Crippen molar-refractivity contribution in [2.75, 3.05) is 18.4 Å². The predicted octanol–water partition coefficient (Wildman–Crippen LogP) is 0.989. The van der Waals surface area contributed by atoms with Crippen LogP contribution in [0.4, 0.5) is 11.6 Å². The van der Waals surface area contributed by atoms with Crippen LogP contribution < -0.4 is 10.6 Å². The van der Waals surface area contributed by atoms with Gasteiger partial charge in [0.05, 0.1) is 24.1 Å². The Morgan fingerprint density at radius 3 is 3.00 bits per heavy atom. The molecule has 0 saturated carbocycles. The smallest absolute Gasteiger partial charge is 0.247 e. The van der Waals surface area contributed by atoms with Crippen LogP contribution in [0.5, 0.6) is 0 Å². The fourth-order valence-electron chi connectivity index (χ4n) is 2.60. The van der Waals surface area contributed by atoms with Gasteiger partial charge in [0.25, 0.3) is 0 Å². The van der Waals surface area contributed by atoms with Crippen LogP contribution >= 0.6 is 0 Å². The summed E-state index contributed by atoms with van der Waals surface area (Å²) in [6.07, 6.45) is 11.2. The monoisotopic (exact) mass is 284 g/mol. The summed E-state index contributed by atoms with van der Waals surface area (Å²) in [6.45, 7) is 2.10. The van der Waals surface area contributed by atoms with Crippen molar-refractivity contribution in [1.29, 1.82) is 0 Å². The van der Waals surface area contributed by atoms with E-state index in [9.17, 15) is 0 Å². The quantitative estimate of drug-likeness (QED) is 0.746. The molecule has 4 heterocycles. The lowest BCUT2D eigenvalue weighted by Crippen LogP contribution is -2.29. The average molecular weight is 284 g/mol. The number of hydrogen-bond donors (Lipinski definition) is 2. The first kappa shape index (κ1) is 12.3.